The third-order valence-electron chi connectivity index (χ3n) is 8.12. The summed E-state index contributed by atoms with van der Waals surface area (Å²) in [6.45, 7) is 11.1. The van der Waals surface area contributed by atoms with Gasteiger partial charge in [-0.15, -0.1) is 0 Å². The molecule has 0 spiro atoms. The first-order chi connectivity index (χ1) is 22.0. The van der Waals surface area contributed by atoms with Crippen molar-refractivity contribution in [2.75, 3.05) is 18.0 Å². The van der Waals surface area contributed by atoms with E-state index in [9.17, 15) is 0 Å². The lowest BCUT2D eigenvalue weighted by Gasteiger charge is -2.33. The van der Waals surface area contributed by atoms with Gasteiger partial charge in [0.25, 0.3) is 0 Å². The Bertz CT molecular complexity index is 1470. The summed E-state index contributed by atoms with van der Waals surface area (Å²) in [4.78, 5) is 7.67. The number of aliphatic imine (C=N–C) groups is 1. The zero-order valence-electron chi connectivity index (χ0n) is 27.0. The summed E-state index contributed by atoms with van der Waals surface area (Å²) >= 11 is 0. The zero-order valence-corrected chi connectivity index (χ0v) is 27.0. The van der Waals surface area contributed by atoms with Crippen molar-refractivity contribution in [3.05, 3.63) is 167 Å². The van der Waals surface area contributed by atoms with E-state index in [-0.39, 0.29) is 11.8 Å². The van der Waals surface area contributed by atoms with Gasteiger partial charge in [-0.25, -0.2) is 0 Å². The molecular weight excluding hydrogens is 546 g/mol. The molecule has 0 aliphatic heterocycles. The van der Waals surface area contributed by atoms with Crippen LogP contribution in [-0.4, -0.2) is 25.5 Å². The smallest absolute Gasteiger partial charge is 0.0715 e. The standard InChI is InChI=1S/C42H45N3/c1-31(2)29-45(30-32(3)4)37-27-38(40(33-17-9-5-10-18-33)34-19-11-6-12-20-34)42(44-26-25-43)39(28-37)41(35-21-13-7-14-22-35)36-23-15-8-16-24-36/h5-28,31-32,40-41,43H,29-30H2,1-4H3. The Morgan fingerprint density at radius 3 is 1.18 bits per heavy atom. The Morgan fingerprint density at radius 1 is 0.556 bits per heavy atom. The lowest BCUT2D eigenvalue weighted by atomic mass is 9.78. The lowest BCUT2D eigenvalue weighted by molar-refractivity contribution is 0.552. The van der Waals surface area contributed by atoms with Gasteiger partial charge in [-0.2, -0.15) is 0 Å². The van der Waals surface area contributed by atoms with Gasteiger partial charge in [0, 0.05) is 43.0 Å². The minimum Gasteiger partial charge on any atom is -0.371 e. The fourth-order valence-corrected chi connectivity index (χ4v) is 6.40. The molecule has 1 N–H and O–H groups in total. The molecule has 0 amide bonds. The predicted octanol–water partition coefficient (Wildman–Crippen LogP) is 10.5. The molecule has 0 aliphatic carbocycles. The van der Waals surface area contributed by atoms with Crippen molar-refractivity contribution in [3.63, 3.8) is 0 Å². The summed E-state index contributed by atoms with van der Waals surface area (Å²) in [5.74, 6) is 0.918. The zero-order chi connectivity index (χ0) is 31.6. The largest absolute Gasteiger partial charge is 0.371 e. The van der Waals surface area contributed by atoms with Crippen LogP contribution in [0, 0.1) is 17.2 Å². The van der Waals surface area contributed by atoms with Crippen LogP contribution in [0.2, 0.25) is 0 Å². The van der Waals surface area contributed by atoms with Crippen molar-refractivity contribution in [1.82, 2.24) is 0 Å². The monoisotopic (exact) mass is 591 g/mol. The van der Waals surface area contributed by atoms with Crippen LogP contribution in [0.15, 0.2) is 138 Å². The van der Waals surface area contributed by atoms with Crippen molar-refractivity contribution < 1.29 is 0 Å². The fraction of sp³-hybridized carbons (Fsp3) is 0.238. The normalized spacial score (nSPS) is 11.6. The maximum atomic E-state index is 7.95. The van der Waals surface area contributed by atoms with Gasteiger partial charge in [-0.1, -0.05) is 149 Å². The molecule has 3 heteroatoms. The first-order valence-electron chi connectivity index (χ1n) is 16.1. The topological polar surface area (TPSA) is 39.5 Å². The van der Waals surface area contributed by atoms with Gasteiger partial charge in [-0.3, -0.25) is 4.99 Å². The lowest BCUT2D eigenvalue weighted by Crippen LogP contribution is -2.31. The number of rotatable bonds is 13. The molecule has 5 aromatic carbocycles. The number of benzene rings is 5. The summed E-state index contributed by atoms with van der Waals surface area (Å²) in [5.41, 5.74) is 9.29. The first-order valence-corrected chi connectivity index (χ1v) is 16.1. The van der Waals surface area contributed by atoms with Crippen LogP contribution in [0.1, 0.15) is 72.9 Å². The van der Waals surface area contributed by atoms with Crippen molar-refractivity contribution >= 4 is 23.8 Å². The van der Waals surface area contributed by atoms with E-state index in [0.29, 0.717) is 11.8 Å². The Kier molecular flexibility index (Phi) is 10.8. The van der Waals surface area contributed by atoms with Gasteiger partial charge in [0.15, 0.2) is 0 Å². The van der Waals surface area contributed by atoms with E-state index in [0.717, 1.165) is 29.9 Å². The SMILES string of the molecule is CC(C)CN(CC(C)C)c1cc(C(c2ccccc2)c2ccccc2)c(N=CC=N)c(C(c2ccccc2)c2ccccc2)c1. The Morgan fingerprint density at radius 2 is 0.889 bits per heavy atom. The molecule has 0 bridgehead atoms. The second kappa shape index (κ2) is 15.3. The van der Waals surface area contributed by atoms with Crippen LogP contribution in [0.3, 0.4) is 0 Å². The molecule has 0 saturated carbocycles. The average molecular weight is 592 g/mol. The predicted molar refractivity (Wildman–Crippen MR) is 193 cm³/mol. The Balaban J connectivity index is 1.90. The molecule has 0 saturated heterocycles. The van der Waals surface area contributed by atoms with Gasteiger partial charge < -0.3 is 10.3 Å². The van der Waals surface area contributed by atoms with Gasteiger partial charge >= 0.3 is 0 Å². The maximum absolute atomic E-state index is 7.95. The number of hydrogen-bond acceptors (Lipinski definition) is 3. The van der Waals surface area contributed by atoms with Gasteiger partial charge in [0.2, 0.25) is 0 Å². The Labute approximate surface area is 269 Å². The van der Waals surface area contributed by atoms with E-state index in [1.165, 1.54) is 34.2 Å². The summed E-state index contributed by atoms with van der Waals surface area (Å²) in [6.07, 6.45) is 2.91. The third kappa shape index (κ3) is 7.85. The van der Waals surface area contributed by atoms with E-state index in [4.69, 9.17) is 10.4 Å². The minimum atomic E-state index is -0.0452. The first kappa shape index (κ1) is 31.7. The molecule has 0 atom stereocenters. The molecule has 0 unspecified atom stereocenters. The second-order valence-electron chi connectivity index (χ2n) is 12.6. The van der Waals surface area contributed by atoms with E-state index in [1.807, 2.05) is 0 Å². The van der Waals surface area contributed by atoms with E-state index in [2.05, 4.69) is 166 Å². The van der Waals surface area contributed by atoms with Crippen LogP contribution in [-0.2, 0) is 0 Å². The summed E-state index contributed by atoms with van der Waals surface area (Å²) in [6, 6.07) is 47.8. The van der Waals surface area contributed by atoms with Crippen molar-refractivity contribution in [2.45, 2.75) is 39.5 Å². The second-order valence-corrected chi connectivity index (χ2v) is 12.6. The maximum Gasteiger partial charge on any atom is 0.0715 e. The summed E-state index contributed by atoms with van der Waals surface area (Å²) < 4.78 is 0. The molecule has 45 heavy (non-hydrogen) atoms. The number of hydrogen-bond donors (Lipinski definition) is 1. The molecule has 0 fully saturated rings. The highest BCUT2D eigenvalue weighted by atomic mass is 15.1. The van der Waals surface area contributed by atoms with Gasteiger partial charge in [0.1, 0.15) is 0 Å². The molecule has 0 aliphatic rings. The van der Waals surface area contributed by atoms with E-state index >= 15 is 0 Å². The number of anilines is 1. The summed E-state index contributed by atoms with van der Waals surface area (Å²) in [7, 11) is 0. The number of nitrogens with one attached hydrogen (secondary N) is 1. The van der Waals surface area contributed by atoms with Crippen LogP contribution >= 0.6 is 0 Å². The molecule has 3 nitrogen and oxygen atoms in total. The molecule has 0 aromatic heterocycles. The average Bonchev–Trinajstić information content (AvgIpc) is 3.06. The molecular formula is C42H45N3. The third-order valence-corrected chi connectivity index (χ3v) is 8.12. The quantitative estimate of drug-likeness (QED) is 0.107. The van der Waals surface area contributed by atoms with Gasteiger partial charge in [0.05, 0.1) is 5.69 Å². The highest BCUT2D eigenvalue weighted by Gasteiger charge is 2.28. The number of nitrogens with zero attached hydrogens (tertiary/aromatic N) is 2. The highest BCUT2D eigenvalue weighted by molar-refractivity contribution is 6.15. The molecule has 0 heterocycles. The summed E-state index contributed by atoms with van der Waals surface area (Å²) in [5, 5.41) is 7.95. The molecule has 5 rings (SSSR count). The van der Waals surface area contributed by atoms with Crippen LogP contribution < -0.4 is 4.90 Å². The van der Waals surface area contributed by atoms with Crippen molar-refractivity contribution in [2.24, 2.45) is 16.8 Å². The molecule has 0 radical (unpaired) electrons. The van der Waals surface area contributed by atoms with E-state index in [1.54, 1.807) is 6.21 Å². The van der Waals surface area contributed by atoms with Crippen molar-refractivity contribution in [1.29, 1.82) is 5.41 Å². The minimum absolute atomic E-state index is 0.0452. The van der Waals surface area contributed by atoms with Crippen LogP contribution in [0.5, 0.6) is 0 Å². The highest BCUT2D eigenvalue weighted by Crippen LogP contribution is 2.46. The van der Waals surface area contributed by atoms with Crippen LogP contribution in [0.4, 0.5) is 11.4 Å². The fourth-order valence-electron chi connectivity index (χ4n) is 6.40. The molecule has 5 aromatic rings. The molecule has 228 valence electrons. The Hall–Kier alpha value is -4.76. The van der Waals surface area contributed by atoms with Crippen LogP contribution in [0.25, 0.3) is 0 Å². The van der Waals surface area contributed by atoms with Crippen molar-refractivity contribution in [3.8, 4) is 0 Å². The van der Waals surface area contributed by atoms with Gasteiger partial charge in [-0.05, 0) is 57.3 Å². The van der Waals surface area contributed by atoms with E-state index < -0.39 is 0 Å².